The molecule has 0 spiro atoms. The summed E-state index contributed by atoms with van der Waals surface area (Å²) in [6, 6.07) is 0. The van der Waals surface area contributed by atoms with Gasteiger partial charge in [-0.25, -0.2) is 4.79 Å². The molecule has 1 saturated heterocycles. The Morgan fingerprint density at radius 1 is 1.75 bits per heavy atom. The minimum atomic E-state index is -0.237. The average molecular weight is 169 g/mol. The number of carbonyl (C=O) groups is 1. The van der Waals surface area contributed by atoms with E-state index in [1.165, 1.54) is 12.7 Å². The first-order valence-corrected chi connectivity index (χ1v) is 4.23. The monoisotopic (exact) mass is 169 g/mol. The number of nitrogens with one attached hydrogen (secondary N) is 1. The Balaban J connectivity index is 2.58. The largest absolute Gasteiger partial charge is 0.466 e. The highest BCUT2D eigenvalue weighted by Crippen LogP contribution is 2.16. The van der Waals surface area contributed by atoms with Gasteiger partial charge in [-0.05, 0) is 18.9 Å². The van der Waals surface area contributed by atoms with Crippen molar-refractivity contribution in [1.82, 2.24) is 5.32 Å². The minimum absolute atomic E-state index is 0.237. The van der Waals surface area contributed by atoms with Gasteiger partial charge in [0.2, 0.25) is 0 Å². The maximum absolute atomic E-state index is 10.9. The van der Waals surface area contributed by atoms with Gasteiger partial charge in [0, 0.05) is 12.6 Å². The second-order valence-corrected chi connectivity index (χ2v) is 3.10. The van der Waals surface area contributed by atoms with E-state index in [1.807, 2.05) is 0 Å². The molecule has 1 fully saturated rings. The van der Waals surface area contributed by atoms with E-state index in [-0.39, 0.29) is 5.97 Å². The molecular weight excluding hydrogens is 154 g/mol. The molecule has 0 aromatic carbocycles. The van der Waals surface area contributed by atoms with Crippen molar-refractivity contribution in [3.63, 3.8) is 0 Å². The molecule has 0 bridgehead atoms. The molecule has 0 amide bonds. The summed E-state index contributed by atoms with van der Waals surface area (Å²) in [7, 11) is 1.41. The van der Waals surface area contributed by atoms with Gasteiger partial charge in [0.25, 0.3) is 0 Å². The van der Waals surface area contributed by atoms with Crippen LogP contribution in [0.25, 0.3) is 0 Å². The Morgan fingerprint density at radius 3 is 3.08 bits per heavy atom. The molecule has 3 heteroatoms. The third kappa shape index (κ3) is 2.34. The fourth-order valence-corrected chi connectivity index (χ4v) is 1.35. The van der Waals surface area contributed by atoms with E-state index >= 15 is 0 Å². The molecule has 1 rings (SSSR count). The van der Waals surface area contributed by atoms with Gasteiger partial charge in [0.1, 0.15) is 0 Å². The first-order valence-electron chi connectivity index (χ1n) is 4.23. The maximum Gasteiger partial charge on any atom is 0.330 e. The third-order valence-corrected chi connectivity index (χ3v) is 2.18. The van der Waals surface area contributed by atoms with Crippen LogP contribution in [0.2, 0.25) is 0 Å². The van der Waals surface area contributed by atoms with E-state index < -0.39 is 0 Å². The predicted molar refractivity (Wildman–Crippen MR) is 46.7 cm³/mol. The van der Waals surface area contributed by atoms with Crippen molar-refractivity contribution in [2.45, 2.75) is 13.3 Å². The smallest absolute Gasteiger partial charge is 0.330 e. The zero-order chi connectivity index (χ0) is 8.97. The van der Waals surface area contributed by atoms with Crippen molar-refractivity contribution < 1.29 is 9.53 Å². The number of hydrogen-bond acceptors (Lipinski definition) is 3. The lowest BCUT2D eigenvalue weighted by molar-refractivity contribution is -0.134. The average Bonchev–Trinajstić information content (AvgIpc) is 2.09. The SMILES string of the molecule is COC(=O)C=C1CCNCC1C. The van der Waals surface area contributed by atoms with Crippen LogP contribution in [0.4, 0.5) is 0 Å². The van der Waals surface area contributed by atoms with Crippen LogP contribution in [0.5, 0.6) is 0 Å². The van der Waals surface area contributed by atoms with Crippen molar-refractivity contribution in [2.75, 3.05) is 20.2 Å². The summed E-state index contributed by atoms with van der Waals surface area (Å²) in [4.78, 5) is 10.9. The molecule has 1 N–H and O–H groups in total. The molecule has 1 heterocycles. The molecule has 0 saturated carbocycles. The van der Waals surface area contributed by atoms with Crippen LogP contribution in [-0.4, -0.2) is 26.2 Å². The molecule has 1 atom stereocenters. The van der Waals surface area contributed by atoms with Crippen molar-refractivity contribution in [3.05, 3.63) is 11.6 Å². The van der Waals surface area contributed by atoms with Gasteiger partial charge in [-0.3, -0.25) is 0 Å². The second kappa shape index (κ2) is 4.26. The van der Waals surface area contributed by atoms with Gasteiger partial charge in [-0.15, -0.1) is 0 Å². The van der Waals surface area contributed by atoms with Crippen LogP contribution in [0, 0.1) is 5.92 Å². The number of rotatable bonds is 1. The van der Waals surface area contributed by atoms with Crippen LogP contribution in [-0.2, 0) is 9.53 Å². The topological polar surface area (TPSA) is 38.3 Å². The lowest BCUT2D eigenvalue weighted by Crippen LogP contribution is -2.30. The molecule has 0 aromatic rings. The Hall–Kier alpha value is -0.830. The molecule has 1 aliphatic rings. The summed E-state index contributed by atoms with van der Waals surface area (Å²) < 4.78 is 4.57. The van der Waals surface area contributed by atoms with E-state index in [9.17, 15) is 4.79 Å². The van der Waals surface area contributed by atoms with Crippen molar-refractivity contribution in [1.29, 1.82) is 0 Å². The molecule has 1 unspecified atom stereocenters. The standard InChI is InChI=1S/C9H15NO2/c1-7-6-10-4-3-8(7)5-9(11)12-2/h5,7,10H,3-4,6H2,1-2H3. The van der Waals surface area contributed by atoms with Crippen LogP contribution in [0.15, 0.2) is 11.6 Å². The summed E-state index contributed by atoms with van der Waals surface area (Å²) >= 11 is 0. The lowest BCUT2D eigenvalue weighted by atomic mass is 9.94. The number of ether oxygens (including phenoxy) is 1. The highest BCUT2D eigenvalue weighted by atomic mass is 16.5. The first kappa shape index (κ1) is 9.26. The van der Waals surface area contributed by atoms with E-state index in [1.54, 1.807) is 6.08 Å². The Labute approximate surface area is 72.8 Å². The molecule has 12 heavy (non-hydrogen) atoms. The summed E-state index contributed by atoms with van der Waals surface area (Å²) in [5, 5.41) is 3.26. The van der Waals surface area contributed by atoms with Crippen LogP contribution < -0.4 is 5.32 Å². The third-order valence-electron chi connectivity index (χ3n) is 2.18. The Kier molecular flexibility index (Phi) is 3.29. The number of piperidine rings is 1. The fourth-order valence-electron chi connectivity index (χ4n) is 1.35. The molecule has 3 nitrogen and oxygen atoms in total. The van der Waals surface area contributed by atoms with Gasteiger partial charge in [-0.1, -0.05) is 12.5 Å². The number of esters is 1. The quantitative estimate of drug-likeness (QED) is 0.464. The first-order chi connectivity index (χ1) is 5.74. The molecular formula is C9H15NO2. The maximum atomic E-state index is 10.9. The zero-order valence-corrected chi connectivity index (χ0v) is 7.59. The molecule has 68 valence electrons. The normalized spacial score (nSPS) is 27.2. The van der Waals surface area contributed by atoms with Gasteiger partial charge in [0.15, 0.2) is 0 Å². The summed E-state index contributed by atoms with van der Waals surface area (Å²) in [6.45, 7) is 4.04. The molecule has 0 aliphatic carbocycles. The second-order valence-electron chi connectivity index (χ2n) is 3.10. The van der Waals surface area contributed by atoms with Gasteiger partial charge >= 0.3 is 5.97 Å². The van der Waals surface area contributed by atoms with Crippen molar-refractivity contribution in [3.8, 4) is 0 Å². The van der Waals surface area contributed by atoms with Gasteiger partial charge < -0.3 is 10.1 Å². The van der Waals surface area contributed by atoms with E-state index in [0.29, 0.717) is 5.92 Å². The summed E-state index contributed by atoms with van der Waals surface area (Å²) in [5.41, 5.74) is 1.20. The lowest BCUT2D eigenvalue weighted by Gasteiger charge is -2.22. The van der Waals surface area contributed by atoms with Gasteiger partial charge in [0.05, 0.1) is 7.11 Å². The van der Waals surface area contributed by atoms with Crippen LogP contribution in [0.1, 0.15) is 13.3 Å². The Morgan fingerprint density at radius 2 is 2.50 bits per heavy atom. The minimum Gasteiger partial charge on any atom is -0.466 e. The molecule has 1 aliphatic heterocycles. The predicted octanol–water partition coefficient (Wildman–Crippen LogP) is 0.715. The molecule has 0 radical (unpaired) electrons. The van der Waals surface area contributed by atoms with Crippen molar-refractivity contribution in [2.24, 2.45) is 5.92 Å². The highest BCUT2D eigenvalue weighted by molar-refractivity contribution is 5.82. The van der Waals surface area contributed by atoms with Gasteiger partial charge in [-0.2, -0.15) is 0 Å². The number of carbonyl (C=O) groups excluding carboxylic acids is 1. The van der Waals surface area contributed by atoms with Crippen LogP contribution >= 0.6 is 0 Å². The summed E-state index contributed by atoms with van der Waals surface area (Å²) in [5.74, 6) is 0.219. The zero-order valence-electron chi connectivity index (χ0n) is 7.59. The fraction of sp³-hybridized carbons (Fsp3) is 0.667. The van der Waals surface area contributed by atoms with E-state index in [0.717, 1.165) is 19.5 Å². The highest BCUT2D eigenvalue weighted by Gasteiger charge is 2.14. The summed E-state index contributed by atoms with van der Waals surface area (Å²) in [6.07, 6.45) is 2.57. The molecule has 0 aromatic heterocycles. The van der Waals surface area contributed by atoms with E-state index in [4.69, 9.17) is 0 Å². The Bertz CT molecular complexity index is 199. The number of methoxy groups -OCH3 is 1. The number of hydrogen-bond donors (Lipinski definition) is 1. The van der Waals surface area contributed by atoms with E-state index in [2.05, 4.69) is 17.0 Å². The van der Waals surface area contributed by atoms with Crippen LogP contribution in [0.3, 0.4) is 0 Å². The van der Waals surface area contributed by atoms with Crippen molar-refractivity contribution >= 4 is 5.97 Å².